The Morgan fingerprint density at radius 2 is 1.76 bits per heavy atom. The predicted molar refractivity (Wildman–Crippen MR) is 111 cm³/mol. The van der Waals surface area contributed by atoms with Gasteiger partial charge in [-0.3, -0.25) is 9.78 Å². The standard InChI is InChI=1S/C22H24N4O3/c1-28-19-5-3-16(13-20(19)29-2)9-12-24-22(27)18-4-6-21(26-15-18)25-14-17-7-10-23-11-8-17/h3-8,10-11,13,15H,9,12,14H2,1-2H3,(H,24,27)(H,25,26). The van der Waals surface area contributed by atoms with E-state index < -0.39 is 0 Å². The molecule has 0 saturated heterocycles. The number of hydrogen-bond donors (Lipinski definition) is 2. The highest BCUT2D eigenvalue weighted by molar-refractivity contribution is 5.94. The van der Waals surface area contributed by atoms with Crippen molar-refractivity contribution in [1.82, 2.24) is 15.3 Å². The van der Waals surface area contributed by atoms with Gasteiger partial charge in [0.2, 0.25) is 0 Å². The second-order valence-corrected chi connectivity index (χ2v) is 6.34. The van der Waals surface area contributed by atoms with E-state index in [-0.39, 0.29) is 5.91 Å². The monoisotopic (exact) mass is 392 g/mol. The number of aromatic nitrogens is 2. The lowest BCUT2D eigenvalue weighted by atomic mass is 10.1. The summed E-state index contributed by atoms with van der Waals surface area (Å²) in [4.78, 5) is 20.6. The Morgan fingerprint density at radius 1 is 0.966 bits per heavy atom. The molecule has 0 unspecified atom stereocenters. The number of hydrogen-bond acceptors (Lipinski definition) is 6. The van der Waals surface area contributed by atoms with E-state index >= 15 is 0 Å². The molecule has 0 radical (unpaired) electrons. The number of ether oxygens (including phenoxy) is 2. The van der Waals surface area contributed by atoms with Crippen molar-refractivity contribution in [2.75, 3.05) is 26.1 Å². The molecule has 1 aromatic carbocycles. The van der Waals surface area contributed by atoms with Crippen molar-refractivity contribution >= 4 is 11.7 Å². The van der Waals surface area contributed by atoms with Gasteiger partial charge < -0.3 is 20.1 Å². The molecule has 0 aliphatic heterocycles. The van der Waals surface area contributed by atoms with Crippen LogP contribution in [-0.2, 0) is 13.0 Å². The zero-order chi connectivity index (χ0) is 20.5. The number of amides is 1. The Bertz CT molecular complexity index is 931. The summed E-state index contributed by atoms with van der Waals surface area (Å²) in [7, 11) is 3.21. The third-order valence-electron chi connectivity index (χ3n) is 4.40. The molecule has 7 heteroatoms. The molecule has 2 N–H and O–H groups in total. The number of pyridine rings is 2. The van der Waals surface area contributed by atoms with Crippen LogP contribution in [0.25, 0.3) is 0 Å². The van der Waals surface area contributed by atoms with Crippen molar-refractivity contribution in [3.63, 3.8) is 0 Å². The molecule has 1 amide bonds. The van der Waals surface area contributed by atoms with Crippen molar-refractivity contribution in [2.45, 2.75) is 13.0 Å². The summed E-state index contributed by atoms with van der Waals surface area (Å²) in [5, 5.41) is 6.13. The fraction of sp³-hybridized carbons (Fsp3) is 0.227. The first-order chi connectivity index (χ1) is 14.2. The van der Waals surface area contributed by atoms with Gasteiger partial charge in [-0.2, -0.15) is 0 Å². The topological polar surface area (TPSA) is 85.4 Å². The minimum atomic E-state index is -0.154. The van der Waals surface area contributed by atoms with Crippen molar-refractivity contribution in [2.24, 2.45) is 0 Å². The molecule has 0 bridgehead atoms. The summed E-state index contributed by atoms with van der Waals surface area (Å²) in [6.45, 7) is 1.16. The minimum Gasteiger partial charge on any atom is -0.493 e. The highest BCUT2D eigenvalue weighted by Crippen LogP contribution is 2.27. The number of carbonyl (C=O) groups is 1. The average Bonchev–Trinajstić information content (AvgIpc) is 2.78. The Hall–Kier alpha value is -3.61. The molecule has 0 saturated carbocycles. The van der Waals surface area contributed by atoms with E-state index in [2.05, 4.69) is 20.6 Å². The maximum Gasteiger partial charge on any atom is 0.252 e. The fourth-order valence-electron chi connectivity index (χ4n) is 2.78. The number of nitrogens with one attached hydrogen (secondary N) is 2. The lowest BCUT2D eigenvalue weighted by Gasteiger charge is -2.10. The Morgan fingerprint density at radius 3 is 2.45 bits per heavy atom. The Labute approximate surface area is 170 Å². The molecule has 3 aromatic rings. The number of anilines is 1. The van der Waals surface area contributed by atoms with Crippen LogP contribution in [-0.4, -0.2) is 36.6 Å². The molecule has 7 nitrogen and oxygen atoms in total. The zero-order valence-corrected chi connectivity index (χ0v) is 16.5. The number of carbonyl (C=O) groups excluding carboxylic acids is 1. The van der Waals surface area contributed by atoms with Gasteiger partial charge >= 0.3 is 0 Å². The maximum absolute atomic E-state index is 12.3. The van der Waals surface area contributed by atoms with Crippen LogP contribution < -0.4 is 20.1 Å². The van der Waals surface area contributed by atoms with Gasteiger partial charge in [-0.05, 0) is 53.9 Å². The molecule has 29 heavy (non-hydrogen) atoms. The molecule has 0 atom stereocenters. The van der Waals surface area contributed by atoms with Crippen molar-refractivity contribution in [3.8, 4) is 11.5 Å². The lowest BCUT2D eigenvalue weighted by molar-refractivity contribution is 0.0954. The SMILES string of the molecule is COc1ccc(CCNC(=O)c2ccc(NCc3ccncc3)nc2)cc1OC. The van der Waals surface area contributed by atoms with E-state index in [1.165, 1.54) is 0 Å². The summed E-state index contributed by atoms with van der Waals surface area (Å²) in [5.41, 5.74) is 2.68. The van der Waals surface area contributed by atoms with E-state index in [1.807, 2.05) is 30.3 Å². The van der Waals surface area contributed by atoms with Gasteiger partial charge in [0.1, 0.15) is 5.82 Å². The quantitative estimate of drug-likeness (QED) is 0.582. The van der Waals surface area contributed by atoms with Gasteiger partial charge in [-0.1, -0.05) is 6.07 Å². The van der Waals surface area contributed by atoms with Crippen LogP contribution in [0.4, 0.5) is 5.82 Å². The van der Waals surface area contributed by atoms with Gasteiger partial charge in [-0.25, -0.2) is 4.98 Å². The second-order valence-electron chi connectivity index (χ2n) is 6.34. The number of rotatable bonds is 9. The summed E-state index contributed by atoms with van der Waals surface area (Å²) in [6.07, 6.45) is 5.76. The average molecular weight is 392 g/mol. The molecule has 0 aliphatic carbocycles. The summed E-state index contributed by atoms with van der Waals surface area (Å²) in [6, 6.07) is 13.2. The van der Waals surface area contributed by atoms with Crippen LogP contribution in [0.3, 0.4) is 0 Å². The van der Waals surface area contributed by atoms with Gasteiger partial charge in [-0.15, -0.1) is 0 Å². The third-order valence-corrected chi connectivity index (χ3v) is 4.40. The molecule has 0 aliphatic rings. The first kappa shape index (κ1) is 20.1. The van der Waals surface area contributed by atoms with Gasteiger partial charge in [0, 0.05) is 31.7 Å². The van der Waals surface area contributed by atoms with E-state index in [9.17, 15) is 4.79 Å². The number of benzene rings is 1. The largest absolute Gasteiger partial charge is 0.493 e. The molecule has 150 valence electrons. The van der Waals surface area contributed by atoms with Crippen LogP contribution in [0.2, 0.25) is 0 Å². The van der Waals surface area contributed by atoms with Crippen LogP contribution in [0.1, 0.15) is 21.5 Å². The molecule has 0 spiro atoms. The zero-order valence-electron chi connectivity index (χ0n) is 16.5. The molecular formula is C22H24N4O3. The van der Waals surface area contributed by atoms with E-state index in [4.69, 9.17) is 9.47 Å². The minimum absolute atomic E-state index is 0.154. The summed E-state index contributed by atoms with van der Waals surface area (Å²) < 4.78 is 10.5. The third kappa shape index (κ3) is 5.68. The van der Waals surface area contributed by atoms with E-state index in [1.54, 1.807) is 44.9 Å². The van der Waals surface area contributed by atoms with Crippen molar-refractivity contribution in [1.29, 1.82) is 0 Å². The van der Waals surface area contributed by atoms with Crippen molar-refractivity contribution < 1.29 is 14.3 Å². The highest BCUT2D eigenvalue weighted by Gasteiger charge is 2.08. The van der Waals surface area contributed by atoms with Gasteiger partial charge in [0.25, 0.3) is 5.91 Å². The van der Waals surface area contributed by atoms with Gasteiger partial charge in [0.05, 0.1) is 19.8 Å². The second kappa shape index (κ2) is 10.1. The predicted octanol–water partition coefficient (Wildman–Crippen LogP) is 3.08. The van der Waals surface area contributed by atoms with Crippen LogP contribution in [0.15, 0.2) is 61.1 Å². The lowest BCUT2D eigenvalue weighted by Crippen LogP contribution is -2.25. The smallest absolute Gasteiger partial charge is 0.252 e. The van der Waals surface area contributed by atoms with E-state index in [0.29, 0.717) is 42.4 Å². The van der Waals surface area contributed by atoms with Gasteiger partial charge in [0.15, 0.2) is 11.5 Å². The van der Waals surface area contributed by atoms with Crippen LogP contribution in [0, 0.1) is 0 Å². The number of methoxy groups -OCH3 is 2. The molecule has 3 rings (SSSR count). The highest BCUT2D eigenvalue weighted by atomic mass is 16.5. The summed E-state index contributed by atoms with van der Waals surface area (Å²) in [5.74, 6) is 1.92. The van der Waals surface area contributed by atoms with Crippen LogP contribution in [0.5, 0.6) is 11.5 Å². The Kier molecular flexibility index (Phi) is 7.00. The fourth-order valence-corrected chi connectivity index (χ4v) is 2.78. The van der Waals surface area contributed by atoms with Crippen LogP contribution >= 0.6 is 0 Å². The molecule has 2 aromatic heterocycles. The van der Waals surface area contributed by atoms with Crippen molar-refractivity contribution in [3.05, 3.63) is 77.7 Å². The summed E-state index contributed by atoms with van der Waals surface area (Å²) >= 11 is 0. The molecule has 2 heterocycles. The Balaban J connectivity index is 1.48. The first-order valence-electron chi connectivity index (χ1n) is 9.27. The number of nitrogens with zero attached hydrogens (tertiary/aromatic N) is 2. The maximum atomic E-state index is 12.3. The molecular weight excluding hydrogens is 368 g/mol. The first-order valence-corrected chi connectivity index (χ1v) is 9.27. The normalized spacial score (nSPS) is 10.3. The molecule has 0 fully saturated rings. The van der Waals surface area contributed by atoms with E-state index in [0.717, 1.165) is 11.1 Å².